The zero-order chi connectivity index (χ0) is 13.4. The van der Waals surface area contributed by atoms with E-state index in [9.17, 15) is 0 Å². The molecule has 5 rings (SSSR count). The highest BCUT2D eigenvalue weighted by molar-refractivity contribution is 5.33. The maximum Gasteiger partial charge on any atom is 0.119 e. The first kappa shape index (κ1) is 12.0. The van der Waals surface area contributed by atoms with Crippen molar-refractivity contribution in [1.82, 2.24) is 19.8 Å². The Morgan fingerprint density at radius 2 is 1.40 bits per heavy atom. The average molecular weight is 266 g/mol. The summed E-state index contributed by atoms with van der Waals surface area (Å²) >= 11 is 0. The minimum atomic E-state index is -0.182. The van der Waals surface area contributed by atoms with E-state index in [4.69, 9.17) is 0 Å². The molecular weight excluding hydrogens is 248 g/mol. The Kier molecular flexibility index (Phi) is 2.79. The third-order valence-electron chi connectivity index (χ3n) is 4.54. The van der Waals surface area contributed by atoms with Crippen LogP contribution in [0.15, 0.2) is 48.8 Å². The molecule has 102 valence electrons. The Hall–Kier alpha value is -1.78. The maximum atomic E-state index is 4.66. The Bertz CT molecular complexity index is 536. The van der Waals surface area contributed by atoms with Crippen LogP contribution in [0.4, 0.5) is 0 Å². The Balaban J connectivity index is 1.90. The molecule has 2 aromatic rings. The minimum absolute atomic E-state index is 0.182. The van der Waals surface area contributed by atoms with Crippen LogP contribution in [-0.2, 0) is 5.54 Å². The number of fused-ring (bicyclic) bond motifs is 3. The van der Waals surface area contributed by atoms with Crippen molar-refractivity contribution in [2.75, 3.05) is 32.7 Å². The van der Waals surface area contributed by atoms with Gasteiger partial charge in [-0.3, -0.25) is 19.8 Å². The SMILES string of the molecule is c1ccc(C2(c3ccccn3)CN3CCN2CC3)nc1. The van der Waals surface area contributed by atoms with E-state index < -0.39 is 0 Å². The van der Waals surface area contributed by atoms with Gasteiger partial charge in [-0.2, -0.15) is 0 Å². The second-order valence-corrected chi connectivity index (χ2v) is 5.55. The summed E-state index contributed by atoms with van der Waals surface area (Å²) < 4.78 is 0. The van der Waals surface area contributed by atoms with Crippen molar-refractivity contribution >= 4 is 0 Å². The summed E-state index contributed by atoms with van der Waals surface area (Å²) in [5.74, 6) is 0. The Labute approximate surface area is 119 Å². The second-order valence-electron chi connectivity index (χ2n) is 5.55. The molecule has 2 bridgehead atoms. The molecule has 0 spiro atoms. The Morgan fingerprint density at radius 1 is 0.800 bits per heavy atom. The van der Waals surface area contributed by atoms with Crippen molar-refractivity contribution in [3.05, 3.63) is 60.2 Å². The quantitative estimate of drug-likeness (QED) is 0.821. The third kappa shape index (κ3) is 1.69. The normalized spacial score (nSPS) is 27.4. The van der Waals surface area contributed by atoms with Crippen LogP contribution in [0.3, 0.4) is 0 Å². The van der Waals surface area contributed by atoms with Gasteiger partial charge in [-0.1, -0.05) is 12.1 Å². The fourth-order valence-corrected chi connectivity index (χ4v) is 3.54. The highest BCUT2D eigenvalue weighted by Crippen LogP contribution is 2.39. The highest BCUT2D eigenvalue weighted by atomic mass is 15.4. The number of pyridine rings is 2. The molecule has 0 aromatic carbocycles. The third-order valence-corrected chi connectivity index (χ3v) is 4.54. The smallest absolute Gasteiger partial charge is 0.119 e. The van der Waals surface area contributed by atoms with Gasteiger partial charge in [0, 0.05) is 45.1 Å². The number of piperazine rings is 3. The monoisotopic (exact) mass is 266 g/mol. The van der Waals surface area contributed by atoms with Crippen molar-refractivity contribution in [1.29, 1.82) is 0 Å². The molecule has 0 radical (unpaired) electrons. The van der Waals surface area contributed by atoms with Crippen LogP contribution in [-0.4, -0.2) is 52.5 Å². The second kappa shape index (κ2) is 4.65. The number of nitrogens with zero attached hydrogens (tertiary/aromatic N) is 4. The van der Waals surface area contributed by atoms with Crippen molar-refractivity contribution in [2.45, 2.75) is 5.54 Å². The zero-order valence-corrected chi connectivity index (χ0v) is 11.4. The van der Waals surface area contributed by atoms with Gasteiger partial charge in [0.2, 0.25) is 0 Å². The molecule has 3 aliphatic heterocycles. The van der Waals surface area contributed by atoms with Crippen LogP contribution in [0.2, 0.25) is 0 Å². The molecule has 0 atom stereocenters. The molecule has 0 amide bonds. The van der Waals surface area contributed by atoms with E-state index in [0.717, 1.165) is 44.1 Å². The number of hydrogen-bond acceptors (Lipinski definition) is 4. The van der Waals surface area contributed by atoms with Gasteiger partial charge in [-0.05, 0) is 24.3 Å². The van der Waals surface area contributed by atoms with Crippen LogP contribution in [0.25, 0.3) is 0 Å². The molecule has 0 aliphatic carbocycles. The lowest BCUT2D eigenvalue weighted by Crippen LogP contribution is -2.67. The first-order valence-electron chi connectivity index (χ1n) is 7.20. The summed E-state index contributed by atoms with van der Waals surface area (Å²) in [4.78, 5) is 14.4. The van der Waals surface area contributed by atoms with Crippen LogP contribution < -0.4 is 0 Å². The molecule has 5 heterocycles. The van der Waals surface area contributed by atoms with Gasteiger partial charge in [0.15, 0.2) is 0 Å². The Morgan fingerprint density at radius 3 is 1.80 bits per heavy atom. The van der Waals surface area contributed by atoms with Crippen LogP contribution in [0.1, 0.15) is 11.4 Å². The topological polar surface area (TPSA) is 32.3 Å². The van der Waals surface area contributed by atoms with E-state index in [2.05, 4.69) is 44.0 Å². The first-order chi connectivity index (χ1) is 9.89. The van der Waals surface area contributed by atoms with Crippen LogP contribution in [0, 0.1) is 0 Å². The van der Waals surface area contributed by atoms with E-state index in [-0.39, 0.29) is 5.54 Å². The lowest BCUT2D eigenvalue weighted by molar-refractivity contribution is -0.0398. The van der Waals surface area contributed by atoms with Gasteiger partial charge in [-0.25, -0.2) is 0 Å². The van der Waals surface area contributed by atoms with Gasteiger partial charge in [-0.15, -0.1) is 0 Å². The van der Waals surface area contributed by atoms with Crippen molar-refractivity contribution < 1.29 is 0 Å². The zero-order valence-electron chi connectivity index (χ0n) is 11.4. The maximum absolute atomic E-state index is 4.66. The standard InChI is InChI=1S/C16H18N4/c1-3-7-17-14(5-1)16(15-6-2-4-8-18-15)13-19-9-11-20(16)12-10-19/h1-8H,9-13H2. The molecule has 0 unspecified atom stereocenters. The molecular formula is C16H18N4. The van der Waals surface area contributed by atoms with Gasteiger partial charge in [0.25, 0.3) is 0 Å². The number of rotatable bonds is 2. The lowest BCUT2D eigenvalue weighted by atomic mass is 9.83. The molecule has 2 aromatic heterocycles. The first-order valence-corrected chi connectivity index (χ1v) is 7.20. The largest absolute Gasteiger partial charge is 0.298 e. The highest BCUT2D eigenvalue weighted by Gasteiger charge is 2.49. The summed E-state index contributed by atoms with van der Waals surface area (Å²) in [6, 6.07) is 12.4. The molecule has 4 nitrogen and oxygen atoms in total. The summed E-state index contributed by atoms with van der Waals surface area (Å²) in [6.45, 7) is 5.48. The van der Waals surface area contributed by atoms with Crippen molar-refractivity contribution in [3.63, 3.8) is 0 Å². The van der Waals surface area contributed by atoms with Gasteiger partial charge in [0.1, 0.15) is 5.54 Å². The van der Waals surface area contributed by atoms with Crippen molar-refractivity contribution in [2.24, 2.45) is 0 Å². The van der Waals surface area contributed by atoms with Crippen LogP contribution >= 0.6 is 0 Å². The molecule has 0 saturated carbocycles. The fraction of sp³-hybridized carbons (Fsp3) is 0.375. The van der Waals surface area contributed by atoms with Gasteiger partial charge < -0.3 is 0 Å². The van der Waals surface area contributed by atoms with Crippen LogP contribution in [0.5, 0.6) is 0 Å². The fourth-order valence-electron chi connectivity index (χ4n) is 3.54. The van der Waals surface area contributed by atoms with E-state index in [1.807, 2.05) is 24.5 Å². The molecule has 3 aliphatic rings. The van der Waals surface area contributed by atoms with Gasteiger partial charge in [0.05, 0.1) is 11.4 Å². The van der Waals surface area contributed by atoms with E-state index in [1.165, 1.54) is 0 Å². The van der Waals surface area contributed by atoms with E-state index in [1.54, 1.807) is 0 Å². The summed E-state index contributed by atoms with van der Waals surface area (Å²) in [5, 5.41) is 0. The average Bonchev–Trinajstić information content (AvgIpc) is 2.57. The summed E-state index contributed by atoms with van der Waals surface area (Å²) in [5.41, 5.74) is 2.05. The van der Waals surface area contributed by atoms with E-state index in [0.29, 0.717) is 0 Å². The molecule has 3 fully saturated rings. The molecule has 20 heavy (non-hydrogen) atoms. The van der Waals surface area contributed by atoms with Crippen molar-refractivity contribution in [3.8, 4) is 0 Å². The molecule has 4 heteroatoms. The predicted octanol–water partition coefficient (Wildman–Crippen LogP) is 1.35. The summed E-state index contributed by atoms with van der Waals surface area (Å²) in [6.07, 6.45) is 3.78. The molecule has 3 saturated heterocycles. The minimum Gasteiger partial charge on any atom is -0.298 e. The lowest BCUT2D eigenvalue weighted by Gasteiger charge is -2.55. The summed E-state index contributed by atoms with van der Waals surface area (Å²) in [7, 11) is 0. The molecule has 0 N–H and O–H groups in total. The number of hydrogen-bond donors (Lipinski definition) is 0. The van der Waals surface area contributed by atoms with E-state index >= 15 is 0 Å². The predicted molar refractivity (Wildman–Crippen MR) is 77.3 cm³/mol. The van der Waals surface area contributed by atoms with Gasteiger partial charge >= 0.3 is 0 Å². The number of aromatic nitrogens is 2.